The second-order valence-electron chi connectivity index (χ2n) is 12.2. The number of nitro benzene ring substituents is 1. The second-order valence-corrected chi connectivity index (χ2v) is 12.2. The van der Waals surface area contributed by atoms with E-state index in [0.29, 0.717) is 17.0 Å². The van der Waals surface area contributed by atoms with Gasteiger partial charge in [0.25, 0.3) is 17.5 Å². The van der Waals surface area contributed by atoms with E-state index < -0.39 is 34.6 Å². The molecular weight excluding hydrogens is 580 g/mol. The lowest BCUT2D eigenvalue weighted by atomic mass is 9.97. The molecule has 3 fully saturated rings. The molecule has 0 saturated carbocycles. The molecule has 4 heterocycles. The van der Waals surface area contributed by atoms with Gasteiger partial charge >= 0.3 is 0 Å². The van der Waals surface area contributed by atoms with Gasteiger partial charge in [-0.1, -0.05) is 0 Å². The molecule has 238 valence electrons. The first-order chi connectivity index (χ1) is 21.7. The highest BCUT2D eigenvalue weighted by Gasteiger charge is 2.44. The third kappa shape index (κ3) is 6.33. The van der Waals surface area contributed by atoms with E-state index >= 15 is 0 Å². The van der Waals surface area contributed by atoms with Crippen molar-refractivity contribution in [3.63, 3.8) is 0 Å². The number of nitrogens with two attached hydrogens (primary N) is 1. The van der Waals surface area contributed by atoms with E-state index in [2.05, 4.69) is 25.3 Å². The van der Waals surface area contributed by atoms with Crippen LogP contribution in [0.1, 0.15) is 46.4 Å². The molecule has 4 aliphatic heterocycles. The van der Waals surface area contributed by atoms with Crippen molar-refractivity contribution in [2.24, 2.45) is 5.92 Å². The zero-order chi connectivity index (χ0) is 31.7. The molecule has 0 radical (unpaired) electrons. The standard InChI is InChI=1S/C31H38N8O6/c32-25-17-22(4-6-26(25)39(44)45)36-14-12-35(13-15-36)11-9-33-18-20-2-1-10-37(19-20)21-3-5-23-24(16-21)31(43)38(30(23)42)27-7-8-28(40)34-29(27)41/h3-6,16-17,20,27,33H,1-2,7-15,18-19,32H2,(H,34,40,41). The molecule has 45 heavy (non-hydrogen) atoms. The Kier molecular flexibility index (Phi) is 8.67. The predicted octanol–water partition coefficient (Wildman–Crippen LogP) is 1.21. The number of anilines is 3. The molecule has 14 heteroatoms. The smallest absolute Gasteiger partial charge is 0.292 e. The van der Waals surface area contributed by atoms with Crippen LogP contribution < -0.4 is 26.2 Å². The van der Waals surface area contributed by atoms with Crippen LogP contribution in [0.5, 0.6) is 0 Å². The highest BCUT2D eigenvalue weighted by atomic mass is 16.6. The Balaban J connectivity index is 0.962. The number of benzene rings is 2. The first kappa shape index (κ1) is 30.5. The zero-order valence-electron chi connectivity index (χ0n) is 25.1. The fourth-order valence-corrected chi connectivity index (χ4v) is 6.80. The summed E-state index contributed by atoms with van der Waals surface area (Å²) in [5, 5.41) is 16.9. The summed E-state index contributed by atoms with van der Waals surface area (Å²) < 4.78 is 0. The number of nitrogen functional groups attached to an aromatic ring is 1. The van der Waals surface area contributed by atoms with Crippen LogP contribution in [0.2, 0.25) is 0 Å². The average Bonchev–Trinajstić information content (AvgIpc) is 3.28. The Hall–Kier alpha value is -4.56. The lowest BCUT2D eigenvalue weighted by Crippen LogP contribution is -2.54. The van der Waals surface area contributed by atoms with Crippen LogP contribution >= 0.6 is 0 Å². The van der Waals surface area contributed by atoms with Crippen molar-refractivity contribution in [1.29, 1.82) is 0 Å². The van der Waals surface area contributed by atoms with E-state index in [-0.39, 0.29) is 24.2 Å². The number of hydrogen-bond acceptors (Lipinski definition) is 11. The fraction of sp³-hybridized carbons (Fsp3) is 0.484. The lowest BCUT2D eigenvalue weighted by molar-refractivity contribution is -0.383. The monoisotopic (exact) mass is 618 g/mol. The Labute approximate surface area is 260 Å². The molecule has 2 unspecified atom stereocenters. The van der Waals surface area contributed by atoms with Gasteiger partial charge < -0.3 is 20.9 Å². The lowest BCUT2D eigenvalue weighted by Gasteiger charge is -2.37. The van der Waals surface area contributed by atoms with Gasteiger partial charge in [-0.2, -0.15) is 0 Å². The minimum Gasteiger partial charge on any atom is -0.393 e. The number of hydrogen-bond donors (Lipinski definition) is 3. The minimum absolute atomic E-state index is 0.0678. The van der Waals surface area contributed by atoms with Gasteiger partial charge in [-0.05, 0) is 62.1 Å². The van der Waals surface area contributed by atoms with Crippen LogP contribution in [0.15, 0.2) is 36.4 Å². The van der Waals surface area contributed by atoms with Crippen molar-refractivity contribution in [2.75, 3.05) is 74.4 Å². The number of imide groups is 2. The number of amides is 4. The number of piperidine rings is 2. The van der Waals surface area contributed by atoms with Gasteiger partial charge in [0, 0.05) is 76.2 Å². The molecule has 14 nitrogen and oxygen atoms in total. The quantitative estimate of drug-likeness (QED) is 0.121. The van der Waals surface area contributed by atoms with Gasteiger partial charge in [-0.3, -0.25) is 44.4 Å². The number of fused-ring (bicyclic) bond motifs is 1. The molecule has 2 aromatic rings. The molecular formula is C31H38N8O6. The highest BCUT2D eigenvalue weighted by Crippen LogP contribution is 2.32. The van der Waals surface area contributed by atoms with Crippen molar-refractivity contribution in [2.45, 2.75) is 31.7 Å². The summed E-state index contributed by atoms with van der Waals surface area (Å²) in [7, 11) is 0. The molecule has 4 aliphatic rings. The molecule has 6 rings (SSSR count). The number of nitrogens with zero attached hydrogens (tertiary/aromatic N) is 5. The van der Waals surface area contributed by atoms with Gasteiger partial charge in [0.2, 0.25) is 11.8 Å². The van der Waals surface area contributed by atoms with Gasteiger partial charge in [-0.15, -0.1) is 0 Å². The molecule has 0 aliphatic carbocycles. The Bertz CT molecular complexity index is 1520. The number of piperazine rings is 1. The molecule has 0 aromatic heterocycles. The molecule has 4 N–H and O–H groups in total. The van der Waals surface area contributed by atoms with E-state index in [0.717, 1.165) is 88.0 Å². The summed E-state index contributed by atoms with van der Waals surface area (Å²) >= 11 is 0. The maximum atomic E-state index is 13.3. The summed E-state index contributed by atoms with van der Waals surface area (Å²) in [6, 6.07) is 9.25. The van der Waals surface area contributed by atoms with E-state index in [4.69, 9.17) is 5.73 Å². The minimum atomic E-state index is -0.970. The van der Waals surface area contributed by atoms with Crippen molar-refractivity contribution in [3.05, 3.63) is 57.6 Å². The Morgan fingerprint density at radius 1 is 0.911 bits per heavy atom. The number of nitrogens with one attached hydrogen (secondary N) is 2. The zero-order valence-corrected chi connectivity index (χ0v) is 25.1. The van der Waals surface area contributed by atoms with Crippen LogP contribution in [-0.2, 0) is 9.59 Å². The van der Waals surface area contributed by atoms with Crippen molar-refractivity contribution < 1.29 is 24.1 Å². The summed E-state index contributed by atoms with van der Waals surface area (Å²) in [4.78, 5) is 68.7. The SMILES string of the molecule is Nc1cc(N2CCN(CCNCC3CCCN(c4ccc5c(c4)C(=O)N(C4CCC(=O)NC4=O)C5=O)C3)CC2)ccc1[N+](=O)[O-]. The average molecular weight is 619 g/mol. The topological polar surface area (TPSA) is 174 Å². The van der Waals surface area contributed by atoms with E-state index in [1.54, 1.807) is 24.3 Å². The third-order valence-electron chi connectivity index (χ3n) is 9.29. The largest absolute Gasteiger partial charge is 0.393 e. The molecule has 2 aromatic carbocycles. The summed E-state index contributed by atoms with van der Waals surface area (Å²) in [5.41, 5.74) is 8.38. The molecule has 2 atom stereocenters. The van der Waals surface area contributed by atoms with Crippen molar-refractivity contribution in [3.8, 4) is 0 Å². The van der Waals surface area contributed by atoms with Gasteiger partial charge in [-0.25, -0.2) is 0 Å². The highest BCUT2D eigenvalue weighted by molar-refractivity contribution is 6.23. The number of carbonyl (C=O) groups is 4. The van der Waals surface area contributed by atoms with Crippen molar-refractivity contribution >= 4 is 46.4 Å². The summed E-state index contributed by atoms with van der Waals surface area (Å²) in [6.45, 7) is 7.82. The summed E-state index contributed by atoms with van der Waals surface area (Å²) in [6.07, 6.45) is 2.35. The predicted molar refractivity (Wildman–Crippen MR) is 167 cm³/mol. The first-order valence-electron chi connectivity index (χ1n) is 15.5. The molecule has 3 saturated heterocycles. The first-order valence-corrected chi connectivity index (χ1v) is 15.5. The van der Waals surface area contributed by atoms with Crippen LogP contribution in [0.3, 0.4) is 0 Å². The van der Waals surface area contributed by atoms with E-state index in [9.17, 15) is 29.3 Å². The van der Waals surface area contributed by atoms with E-state index in [1.165, 1.54) is 6.07 Å². The van der Waals surface area contributed by atoms with Crippen LogP contribution in [0.25, 0.3) is 0 Å². The molecule has 0 spiro atoms. The van der Waals surface area contributed by atoms with Crippen LogP contribution in [-0.4, -0.2) is 103 Å². The van der Waals surface area contributed by atoms with Gasteiger partial charge in [0.05, 0.1) is 16.1 Å². The molecule has 0 bridgehead atoms. The fourth-order valence-electron chi connectivity index (χ4n) is 6.80. The van der Waals surface area contributed by atoms with E-state index in [1.807, 2.05) is 6.07 Å². The van der Waals surface area contributed by atoms with Gasteiger partial charge in [0.15, 0.2) is 0 Å². The maximum Gasteiger partial charge on any atom is 0.292 e. The maximum absolute atomic E-state index is 13.3. The number of rotatable bonds is 9. The van der Waals surface area contributed by atoms with Crippen LogP contribution in [0.4, 0.5) is 22.7 Å². The second kappa shape index (κ2) is 12.8. The molecule has 4 amide bonds. The number of nitro groups is 1. The summed E-state index contributed by atoms with van der Waals surface area (Å²) in [5.74, 6) is -1.54. The van der Waals surface area contributed by atoms with Gasteiger partial charge in [0.1, 0.15) is 11.7 Å². The normalized spacial score (nSPS) is 22.5. The van der Waals surface area contributed by atoms with Crippen LogP contribution in [0, 0.1) is 16.0 Å². The number of carbonyl (C=O) groups excluding carboxylic acids is 4. The van der Waals surface area contributed by atoms with Crippen molar-refractivity contribution in [1.82, 2.24) is 20.4 Å². The Morgan fingerprint density at radius 3 is 2.38 bits per heavy atom. The Morgan fingerprint density at radius 2 is 1.64 bits per heavy atom. The third-order valence-corrected chi connectivity index (χ3v) is 9.29.